The first-order valence-electron chi connectivity index (χ1n) is 5.11. The molecule has 1 amide bonds. The molecule has 0 heterocycles. The Morgan fingerprint density at radius 2 is 1.86 bits per heavy atom. The third-order valence-corrected chi connectivity index (χ3v) is 2.51. The summed E-state index contributed by atoms with van der Waals surface area (Å²) in [5.74, 6) is 0.0460. The van der Waals surface area contributed by atoms with Gasteiger partial charge in [-0.25, -0.2) is 0 Å². The second-order valence-corrected chi connectivity index (χ2v) is 5.74. The molecule has 4 heteroatoms. The first-order chi connectivity index (χ1) is 6.41. The first kappa shape index (κ1) is 13.9. The molecular formula is C10H21BrN2O. The minimum Gasteiger partial charge on any atom is -0.354 e. The van der Waals surface area contributed by atoms with Crippen LogP contribution in [0, 0.1) is 0 Å². The number of rotatable bonds is 6. The number of amides is 1. The molecule has 0 aliphatic rings. The quantitative estimate of drug-likeness (QED) is 0.740. The standard InChI is InChI=1S/C10H21BrN2O/c1-5-13(6-2)8-7-12-9(14)10(3,4)11/h5-8H2,1-4H3,(H,12,14). The van der Waals surface area contributed by atoms with Crippen LogP contribution >= 0.6 is 15.9 Å². The third-order valence-electron chi connectivity index (χ3n) is 2.15. The molecule has 0 fully saturated rings. The number of halogens is 1. The van der Waals surface area contributed by atoms with Crippen LogP contribution in [-0.4, -0.2) is 41.3 Å². The maximum absolute atomic E-state index is 11.4. The molecule has 0 radical (unpaired) electrons. The van der Waals surface area contributed by atoms with Crippen LogP contribution in [-0.2, 0) is 4.79 Å². The SMILES string of the molecule is CCN(CC)CCNC(=O)C(C)(C)Br. The van der Waals surface area contributed by atoms with E-state index < -0.39 is 4.32 Å². The molecule has 14 heavy (non-hydrogen) atoms. The van der Waals surface area contributed by atoms with Gasteiger partial charge in [0.15, 0.2) is 0 Å². The van der Waals surface area contributed by atoms with Crippen LogP contribution in [0.2, 0.25) is 0 Å². The van der Waals surface area contributed by atoms with Crippen LogP contribution in [0.1, 0.15) is 27.7 Å². The van der Waals surface area contributed by atoms with Gasteiger partial charge in [-0.3, -0.25) is 4.79 Å². The molecule has 0 aliphatic heterocycles. The van der Waals surface area contributed by atoms with E-state index in [4.69, 9.17) is 0 Å². The zero-order chi connectivity index (χ0) is 11.2. The molecule has 0 unspecified atom stereocenters. The highest BCUT2D eigenvalue weighted by Gasteiger charge is 2.22. The summed E-state index contributed by atoms with van der Waals surface area (Å²) < 4.78 is -0.462. The van der Waals surface area contributed by atoms with Crippen molar-refractivity contribution in [2.45, 2.75) is 32.0 Å². The van der Waals surface area contributed by atoms with Gasteiger partial charge in [0.25, 0.3) is 0 Å². The van der Waals surface area contributed by atoms with Crippen molar-refractivity contribution in [3.63, 3.8) is 0 Å². The average Bonchev–Trinajstić information content (AvgIpc) is 2.10. The van der Waals surface area contributed by atoms with E-state index in [1.807, 2.05) is 13.8 Å². The summed E-state index contributed by atoms with van der Waals surface area (Å²) in [6.45, 7) is 11.6. The molecule has 0 spiro atoms. The molecule has 0 saturated heterocycles. The molecule has 0 aromatic carbocycles. The second-order valence-electron chi connectivity index (χ2n) is 3.76. The number of hydrogen-bond acceptors (Lipinski definition) is 2. The summed E-state index contributed by atoms with van der Waals surface area (Å²) in [7, 11) is 0. The smallest absolute Gasteiger partial charge is 0.236 e. The molecule has 0 atom stereocenters. The lowest BCUT2D eigenvalue weighted by Crippen LogP contribution is -2.41. The molecule has 0 rings (SSSR count). The predicted octanol–water partition coefficient (Wildman–Crippen LogP) is 1.62. The van der Waals surface area contributed by atoms with E-state index in [1.165, 1.54) is 0 Å². The van der Waals surface area contributed by atoms with Crippen molar-refractivity contribution in [3.8, 4) is 0 Å². The number of hydrogen-bond donors (Lipinski definition) is 1. The van der Waals surface area contributed by atoms with Crippen molar-refractivity contribution in [2.24, 2.45) is 0 Å². The number of carbonyl (C=O) groups is 1. The number of likely N-dealkylation sites (N-methyl/N-ethyl adjacent to an activating group) is 1. The third kappa shape index (κ3) is 5.60. The minimum atomic E-state index is -0.462. The normalized spacial score (nSPS) is 11.9. The Labute approximate surface area is 95.4 Å². The van der Waals surface area contributed by atoms with Gasteiger partial charge in [-0.2, -0.15) is 0 Å². The van der Waals surface area contributed by atoms with Crippen molar-refractivity contribution in [1.82, 2.24) is 10.2 Å². The number of alkyl halides is 1. The lowest BCUT2D eigenvalue weighted by atomic mass is 10.2. The molecule has 0 bridgehead atoms. The Kier molecular flexibility index (Phi) is 6.36. The van der Waals surface area contributed by atoms with Crippen LogP contribution < -0.4 is 5.32 Å². The van der Waals surface area contributed by atoms with Gasteiger partial charge >= 0.3 is 0 Å². The highest BCUT2D eigenvalue weighted by atomic mass is 79.9. The van der Waals surface area contributed by atoms with Gasteiger partial charge in [0.05, 0.1) is 4.32 Å². The van der Waals surface area contributed by atoms with Gasteiger partial charge in [-0.05, 0) is 26.9 Å². The predicted molar refractivity (Wildman–Crippen MR) is 63.8 cm³/mol. The highest BCUT2D eigenvalue weighted by molar-refractivity contribution is 9.10. The minimum absolute atomic E-state index is 0.0460. The summed E-state index contributed by atoms with van der Waals surface area (Å²) in [5.41, 5.74) is 0. The van der Waals surface area contributed by atoms with Gasteiger partial charge < -0.3 is 10.2 Å². The monoisotopic (exact) mass is 264 g/mol. The van der Waals surface area contributed by atoms with Gasteiger partial charge in [0, 0.05) is 13.1 Å². The van der Waals surface area contributed by atoms with Crippen LogP contribution in [0.4, 0.5) is 0 Å². The Hall–Kier alpha value is -0.0900. The average molecular weight is 265 g/mol. The number of nitrogens with one attached hydrogen (secondary N) is 1. The summed E-state index contributed by atoms with van der Waals surface area (Å²) in [5, 5.41) is 2.89. The molecule has 84 valence electrons. The van der Waals surface area contributed by atoms with E-state index in [0.717, 1.165) is 26.2 Å². The number of carbonyl (C=O) groups excluding carboxylic acids is 1. The Bertz CT molecular complexity index is 173. The lowest BCUT2D eigenvalue weighted by molar-refractivity contribution is -0.122. The maximum atomic E-state index is 11.4. The van der Waals surface area contributed by atoms with Gasteiger partial charge in [0.1, 0.15) is 0 Å². The summed E-state index contributed by atoms with van der Waals surface area (Å²) in [6, 6.07) is 0. The zero-order valence-electron chi connectivity index (χ0n) is 9.56. The maximum Gasteiger partial charge on any atom is 0.236 e. The van der Waals surface area contributed by atoms with Crippen LogP contribution in [0.15, 0.2) is 0 Å². The van der Waals surface area contributed by atoms with Crippen LogP contribution in [0.25, 0.3) is 0 Å². The Morgan fingerprint density at radius 3 is 2.21 bits per heavy atom. The number of nitrogens with zero attached hydrogens (tertiary/aromatic N) is 1. The van der Waals surface area contributed by atoms with Crippen molar-refractivity contribution in [2.75, 3.05) is 26.2 Å². The van der Waals surface area contributed by atoms with Gasteiger partial charge in [0.2, 0.25) is 5.91 Å². The molecule has 0 aromatic rings. The Balaban J connectivity index is 3.69. The molecule has 3 nitrogen and oxygen atoms in total. The highest BCUT2D eigenvalue weighted by Crippen LogP contribution is 2.14. The molecule has 0 aliphatic carbocycles. The Morgan fingerprint density at radius 1 is 1.36 bits per heavy atom. The topological polar surface area (TPSA) is 32.3 Å². The fraction of sp³-hybridized carbons (Fsp3) is 0.900. The molecular weight excluding hydrogens is 244 g/mol. The van der Waals surface area contributed by atoms with E-state index in [1.54, 1.807) is 0 Å². The van der Waals surface area contributed by atoms with E-state index >= 15 is 0 Å². The summed E-state index contributed by atoms with van der Waals surface area (Å²) in [4.78, 5) is 13.7. The largest absolute Gasteiger partial charge is 0.354 e. The zero-order valence-corrected chi connectivity index (χ0v) is 11.1. The van der Waals surface area contributed by atoms with E-state index in [-0.39, 0.29) is 5.91 Å². The van der Waals surface area contributed by atoms with Crippen LogP contribution in [0.3, 0.4) is 0 Å². The van der Waals surface area contributed by atoms with Gasteiger partial charge in [-0.1, -0.05) is 29.8 Å². The van der Waals surface area contributed by atoms with Crippen LogP contribution in [0.5, 0.6) is 0 Å². The van der Waals surface area contributed by atoms with E-state index in [0.29, 0.717) is 0 Å². The fourth-order valence-corrected chi connectivity index (χ4v) is 1.22. The molecule has 0 saturated carbocycles. The fourth-order valence-electron chi connectivity index (χ4n) is 1.08. The van der Waals surface area contributed by atoms with Crippen molar-refractivity contribution in [3.05, 3.63) is 0 Å². The van der Waals surface area contributed by atoms with E-state index in [9.17, 15) is 4.79 Å². The van der Waals surface area contributed by atoms with E-state index in [2.05, 4.69) is 40.0 Å². The first-order valence-corrected chi connectivity index (χ1v) is 5.90. The van der Waals surface area contributed by atoms with Crippen molar-refractivity contribution < 1.29 is 4.79 Å². The molecule has 1 N–H and O–H groups in total. The summed E-state index contributed by atoms with van der Waals surface area (Å²) in [6.07, 6.45) is 0. The van der Waals surface area contributed by atoms with Gasteiger partial charge in [-0.15, -0.1) is 0 Å². The van der Waals surface area contributed by atoms with Crippen molar-refractivity contribution >= 4 is 21.8 Å². The molecule has 0 aromatic heterocycles. The second kappa shape index (κ2) is 6.40. The lowest BCUT2D eigenvalue weighted by Gasteiger charge is -2.20. The summed E-state index contributed by atoms with van der Waals surface area (Å²) >= 11 is 3.32. The van der Waals surface area contributed by atoms with Crippen molar-refractivity contribution in [1.29, 1.82) is 0 Å².